The number of β-amino-alcohol motifs (C(OH)–C–C–N with tert-alkyl or cyclic N) is 2. The first-order valence-corrected chi connectivity index (χ1v) is 7.80. The fourth-order valence-electron chi connectivity index (χ4n) is 2.59. The predicted octanol–water partition coefficient (Wildman–Crippen LogP) is 0.0835. The van der Waals surface area contributed by atoms with E-state index in [1.807, 2.05) is 0 Å². The van der Waals surface area contributed by atoms with Gasteiger partial charge in [0.25, 0.3) is 5.69 Å². The van der Waals surface area contributed by atoms with Crippen molar-refractivity contribution in [3.63, 3.8) is 0 Å². The molecule has 1 unspecified atom stereocenters. The third-order valence-corrected chi connectivity index (χ3v) is 3.91. The summed E-state index contributed by atoms with van der Waals surface area (Å²) in [6.45, 7) is 4.31. The van der Waals surface area contributed by atoms with Crippen LogP contribution in [0.25, 0.3) is 0 Å². The van der Waals surface area contributed by atoms with Gasteiger partial charge in [-0.3, -0.25) is 19.9 Å². The smallest absolute Gasteiger partial charge is 0.272 e. The van der Waals surface area contributed by atoms with Crippen LogP contribution in [0, 0.1) is 15.9 Å². The van der Waals surface area contributed by atoms with Crippen LogP contribution in [0.2, 0.25) is 0 Å². The molecular formula is C15H22FN3O5. The summed E-state index contributed by atoms with van der Waals surface area (Å²) in [6, 6.07) is 3.14. The second-order valence-electron chi connectivity index (χ2n) is 5.70. The van der Waals surface area contributed by atoms with Crippen LogP contribution in [0.5, 0.6) is 5.75 Å². The van der Waals surface area contributed by atoms with E-state index in [-0.39, 0.29) is 24.7 Å². The Morgan fingerprint density at radius 3 is 2.54 bits per heavy atom. The number of piperazine rings is 1. The molecule has 1 aromatic rings. The van der Waals surface area contributed by atoms with E-state index in [0.717, 1.165) is 38.3 Å². The molecular weight excluding hydrogens is 321 g/mol. The molecule has 2 N–H and O–H groups in total. The molecule has 1 aromatic carbocycles. The number of hydrogen-bond acceptors (Lipinski definition) is 7. The number of nitro groups is 1. The van der Waals surface area contributed by atoms with Crippen molar-refractivity contribution in [3.05, 3.63) is 34.1 Å². The van der Waals surface area contributed by atoms with Gasteiger partial charge in [0.15, 0.2) is 11.6 Å². The summed E-state index contributed by atoms with van der Waals surface area (Å²) in [6.07, 6.45) is -0.788. The van der Waals surface area contributed by atoms with Crippen LogP contribution in [0.1, 0.15) is 0 Å². The normalized spacial score (nSPS) is 17.6. The Hall–Kier alpha value is -1.81. The van der Waals surface area contributed by atoms with Crippen LogP contribution in [0.15, 0.2) is 18.2 Å². The highest BCUT2D eigenvalue weighted by Gasteiger charge is 2.19. The molecule has 1 aliphatic heterocycles. The number of rotatable bonds is 8. The fraction of sp³-hybridized carbons (Fsp3) is 0.600. The Morgan fingerprint density at radius 1 is 1.29 bits per heavy atom. The third-order valence-electron chi connectivity index (χ3n) is 3.91. The van der Waals surface area contributed by atoms with Crippen LogP contribution >= 0.6 is 0 Å². The lowest BCUT2D eigenvalue weighted by atomic mass is 10.2. The van der Waals surface area contributed by atoms with E-state index in [2.05, 4.69) is 9.80 Å². The maximum absolute atomic E-state index is 13.7. The highest BCUT2D eigenvalue weighted by atomic mass is 19.1. The number of ether oxygens (including phenoxy) is 1. The first-order valence-electron chi connectivity index (χ1n) is 7.80. The van der Waals surface area contributed by atoms with Crippen LogP contribution in [0.3, 0.4) is 0 Å². The van der Waals surface area contributed by atoms with E-state index in [1.54, 1.807) is 0 Å². The van der Waals surface area contributed by atoms with Crippen molar-refractivity contribution in [2.45, 2.75) is 6.10 Å². The van der Waals surface area contributed by atoms with Crippen molar-refractivity contribution in [3.8, 4) is 5.75 Å². The number of nitrogens with zero attached hydrogens (tertiary/aromatic N) is 3. The van der Waals surface area contributed by atoms with Crippen LogP contribution < -0.4 is 4.74 Å². The van der Waals surface area contributed by atoms with Gasteiger partial charge in [0.1, 0.15) is 12.7 Å². The molecule has 0 saturated carbocycles. The van der Waals surface area contributed by atoms with Crippen molar-refractivity contribution in [1.82, 2.24) is 9.80 Å². The van der Waals surface area contributed by atoms with E-state index in [1.165, 1.54) is 6.07 Å². The van der Waals surface area contributed by atoms with Crippen LogP contribution in [-0.2, 0) is 0 Å². The monoisotopic (exact) mass is 343 g/mol. The summed E-state index contributed by atoms with van der Waals surface area (Å²) in [5.74, 6) is -0.943. The van der Waals surface area contributed by atoms with Crippen LogP contribution in [-0.4, -0.2) is 83.5 Å². The summed E-state index contributed by atoms with van der Waals surface area (Å²) in [7, 11) is 0. The molecule has 0 spiro atoms. The van der Waals surface area contributed by atoms with Gasteiger partial charge < -0.3 is 14.9 Å². The molecule has 1 heterocycles. The maximum Gasteiger partial charge on any atom is 0.272 e. The molecule has 0 aromatic heterocycles. The van der Waals surface area contributed by atoms with E-state index in [0.29, 0.717) is 13.1 Å². The number of benzene rings is 1. The average Bonchev–Trinajstić information content (AvgIpc) is 2.55. The van der Waals surface area contributed by atoms with Crippen molar-refractivity contribution in [2.75, 3.05) is 52.5 Å². The predicted molar refractivity (Wildman–Crippen MR) is 84.5 cm³/mol. The van der Waals surface area contributed by atoms with E-state index < -0.39 is 16.8 Å². The fourth-order valence-corrected chi connectivity index (χ4v) is 2.59. The molecule has 24 heavy (non-hydrogen) atoms. The zero-order valence-corrected chi connectivity index (χ0v) is 13.3. The number of non-ortho nitro benzene ring substituents is 1. The molecule has 0 radical (unpaired) electrons. The molecule has 8 nitrogen and oxygen atoms in total. The molecule has 1 aliphatic rings. The largest absolute Gasteiger partial charge is 0.488 e. The van der Waals surface area contributed by atoms with Gasteiger partial charge in [-0.25, -0.2) is 4.39 Å². The van der Waals surface area contributed by atoms with Gasteiger partial charge in [0.05, 0.1) is 17.6 Å². The van der Waals surface area contributed by atoms with E-state index in [9.17, 15) is 19.6 Å². The van der Waals surface area contributed by atoms with E-state index >= 15 is 0 Å². The van der Waals surface area contributed by atoms with Gasteiger partial charge in [-0.1, -0.05) is 0 Å². The van der Waals surface area contributed by atoms with Crippen molar-refractivity contribution < 1.29 is 24.3 Å². The van der Waals surface area contributed by atoms with Gasteiger partial charge in [-0.2, -0.15) is 0 Å². The number of aliphatic hydroxyl groups is 2. The Balaban J connectivity index is 1.75. The lowest BCUT2D eigenvalue weighted by molar-refractivity contribution is -0.385. The second kappa shape index (κ2) is 8.88. The molecule has 9 heteroatoms. The highest BCUT2D eigenvalue weighted by molar-refractivity contribution is 5.37. The molecule has 1 atom stereocenters. The second-order valence-corrected chi connectivity index (χ2v) is 5.70. The minimum atomic E-state index is -0.825. The SMILES string of the molecule is O=[N+]([O-])c1ccc(OCC(O)CN2CCN(CCO)CC2)c(F)c1. The Morgan fingerprint density at radius 2 is 1.96 bits per heavy atom. The lowest BCUT2D eigenvalue weighted by Crippen LogP contribution is -2.49. The van der Waals surface area contributed by atoms with Gasteiger partial charge in [0, 0.05) is 45.3 Å². The summed E-state index contributed by atoms with van der Waals surface area (Å²) < 4.78 is 18.9. The molecule has 1 fully saturated rings. The van der Waals surface area contributed by atoms with Crippen LogP contribution in [0.4, 0.5) is 10.1 Å². The quantitative estimate of drug-likeness (QED) is 0.509. The topological polar surface area (TPSA) is 99.3 Å². The summed E-state index contributed by atoms with van der Waals surface area (Å²) in [5.41, 5.74) is -0.346. The van der Waals surface area contributed by atoms with Crippen molar-refractivity contribution in [2.24, 2.45) is 0 Å². The van der Waals surface area contributed by atoms with Crippen molar-refractivity contribution >= 4 is 5.69 Å². The molecule has 1 saturated heterocycles. The first-order chi connectivity index (χ1) is 11.5. The highest BCUT2D eigenvalue weighted by Crippen LogP contribution is 2.22. The zero-order valence-electron chi connectivity index (χ0n) is 13.3. The van der Waals surface area contributed by atoms with Gasteiger partial charge in [-0.05, 0) is 6.07 Å². The molecule has 0 amide bonds. The Labute approximate surface area is 139 Å². The number of halogens is 1. The van der Waals surface area contributed by atoms with Gasteiger partial charge in [-0.15, -0.1) is 0 Å². The van der Waals surface area contributed by atoms with Crippen molar-refractivity contribution in [1.29, 1.82) is 0 Å². The van der Waals surface area contributed by atoms with E-state index in [4.69, 9.17) is 9.84 Å². The number of aliphatic hydroxyl groups excluding tert-OH is 2. The molecule has 0 bridgehead atoms. The average molecular weight is 343 g/mol. The zero-order chi connectivity index (χ0) is 17.5. The summed E-state index contributed by atoms with van der Waals surface area (Å²) >= 11 is 0. The Kier molecular flexibility index (Phi) is 6.85. The minimum Gasteiger partial charge on any atom is -0.488 e. The summed E-state index contributed by atoms with van der Waals surface area (Å²) in [5, 5.41) is 29.5. The molecule has 2 rings (SSSR count). The Bertz CT molecular complexity index is 552. The lowest BCUT2D eigenvalue weighted by Gasteiger charge is -2.35. The summed E-state index contributed by atoms with van der Waals surface area (Å²) in [4.78, 5) is 14.1. The number of hydrogen-bond donors (Lipinski definition) is 2. The minimum absolute atomic E-state index is 0.0917. The standard InChI is InChI=1S/C15H22FN3O5/c16-14-9-12(19(22)23)1-2-15(14)24-11-13(21)10-18-5-3-17(4-6-18)7-8-20/h1-2,9,13,20-21H,3-8,10-11H2. The van der Waals surface area contributed by atoms with Gasteiger partial charge >= 0.3 is 0 Å². The van der Waals surface area contributed by atoms with Gasteiger partial charge in [0.2, 0.25) is 0 Å². The third kappa shape index (κ3) is 5.38. The molecule has 0 aliphatic carbocycles. The maximum atomic E-state index is 13.7. The first kappa shape index (κ1) is 18.5. The number of nitro benzene ring substituents is 1. The molecule has 134 valence electrons.